The standard InChI is InChI=1S/C12H22N4O2S/c1-2-9-16(10-11-5-3-4-7-13-11)19(17,18)12-6-8-14-15-12/h6,8,11,13H,2-5,7,9-10H2,1H3,(H,14,15). The van der Waals surface area contributed by atoms with Gasteiger partial charge in [-0.05, 0) is 31.9 Å². The van der Waals surface area contributed by atoms with Crippen molar-refractivity contribution in [1.29, 1.82) is 0 Å². The summed E-state index contributed by atoms with van der Waals surface area (Å²) >= 11 is 0. The Kier molecular flexibility index (Phi) is 4.95. The molecule has 1 aliphatic rings. The number of hydrogen-bond acceptors (Lipinski definition) is 4. The van der Waals surface area contributed by atoms with E-state index < -0.39 is 10.0 Å². The number of H-pyrrole nitrogens is 1. The predicted molar refractivity (Wildman–Crippen MR) is 73.3 cm³/mol. The predicted octanol–water partition coefficient (Wildman–Crippen LogP) is 0.952. The zero-order valence-electron chi connectivity index (χ0n) is 11.3. The summed E-state index contributed by atoms with van der Waals surface area (Å²) in [6, 6.07) is 1.77. The number of rotatable bonds is 6. The number of aromatic amines is 1. The van der Waals surface area contributed by atoms with Crippen LogP contribution in [0, 0.1) is 0 Å². The second-order valence-electron chi connectivity index (χ2n) is 4.93. The van der Waals surface area contributed by atoms with Gasteiger partial charge >= 0.3 is 0 Å². The molecule has 2 heterocycles. The summed E-state index contributed by atoms with van der Waals surface area (Å²) in [5.41, 5.74) is 0. The van der Waals surface area contributed by atoms with Crippen LogP contribution in [0.4, 0.5) is 0 Å². The smallest absolute Gasteiger partial charge is 0.260 e. The number of nitrogens with zero attached hydrogens (tertiary/aromatic N) is 2. The summed E-state index contributed by atoms with van der Waals surface area (Å²) in [7, 11) is -3.44. The third-order valence-corrected chi connectivity index (χ3v) is 5.20. The molecule has 1 saturated heterocycles. The van der Waals surface area contributed by atoms with E-state index in [4.69, 9.17) is 0 Å². The van der Waals surface area contributed by atoms with E-state index in [2.05, 4.69) is 15.5 Å². The summed E-state index contributed by atoms with van der Waals surface area (Å²) in [5, 5.41) is 9.86. The third-order valence-electron chi connectivity index (χ3n) is 3.40. The third kappa shape index (κ3) is 3.55. The molecule has 1 unspecified atom stereocenters. The van der Waals surface area contributed by atoms with Crippen LogP contribution in [0.15, 0.2) is 17.3 Å². The number of aromatic nitrogens is 2. The topological polar surface area (TPSA) is 78.1 Å². The SMILES string of the molecule is CCCN(CC1CCCCN1)S(=O)(=O)c1ccn[nH]1. The summed E-state index contributed by atoms with van der Waals surface area (Å²) < 4.78 is 26.5. The highest BCUT2D eigenvalue weighted by Crippen LogP contribution is 2.16. The van der Waals surface area contributed by atoms with E-state index in [-0.39, 0.29) is 11.1 Å². The van der Waals surface area contributed by atoms with Crippen molar-refractivity contribution in [1.82, 2.24) is 19.8 Å². The fourth-order valence-electron chi connectivity index (χ4n) is 2.41. The summed E-state index contributed by atoms with van der Waals surface area (Å²) in [4.78, 5) is 0. The van der Waals surface area contributed by atoms with Crippen LogP contribution in [0.25, 0.3) is 0 Å². The van der Waals surface area contributed by atoms with Crippen LogP contribution in [-0.4, -0.2) is 48.6 Å². The van der Waals surface area contributed by atoms with Gasteiger partial charge in [0.2, 0.25) is 0 Å². The van der Waals surface area contributed by atoms with Crippen LogP contribution in [0.5, 0.6) is 0 Å². The van der Waals surface area contributed by atoms with Crippen molar-refractivity contribution in [3.63, 3.8) is 0 Å². The Hall–Kier alpha value is -0.920. The molecule has 2 N–H and O–H groups in total. The van der Waals surface area contributed by atoms with Crippen molar-refractivity contribution in [2.75, 3.05) is 19.6 Å². The highest BCUT2D eigenvalue weighted by atomic mass is 32.2. The van der Waals surface area contributed by atoms with Crippen LogP contribution in [-0.2, 0) is 10.0 Å². The normalized spacial score (nSPS) is 20.8. The van der Waals surface area contributed by atoms with Gasteiger partial charge in [0, 0.05) is 19.1 Å². The molecule has 19 heavy (non-hydrogen) atoms. The molecule has 0 amide bonds. The number of hydrogen-bond donors (Lipinski definition) is 2. The molecule has 1 fully saturated rings. The largest absolute Gasteiger partial charge is 0.313 e. The van der Waals surface area contributed by atoms with Crippen molar-refractivity contribution in [3.05, 3.63) is 12.3 Å². The van der Waals surface area contributed by atoms with Crippen LogP contribution >= 0.6 is 0 Å². The molecule has 7 heteroatoms. The summed E-state index contributed by atoms with van der Waals surface area (Å²) in [6.45, 7) is 4.05. The van der Waals surface area contributed by atoms with Gasteiger partial charge in [-0.2, -0.15) is 9.40 Å². The highest BCUT2D eigenvalue weighted by molar-refractivity contribution is 7.89. The monoisotopic (exact) mass is 286 g/mol. The van der Waals surface area contributed by atoms with Crippen molar-refractivity contribution < 1.29 is 8.42 Å². The van der Waals surface area contributed by atoms with E-state index in [9.17, 15) is 8.42 Å². The van der Waals surface area contributed by atoms with Gasteiger partial charge in [-0.15, -0.1) is 0 Å². The minimum Gasteiger partial charge on any atom is -0.313 e. The minimum absolute atomic E-state index is 0.178. The molecule has 1 atom stereocenters. The lowest BCUT2D eigenvalue weighted by Crippen LogP contribution is -2.46. The molecular weight excluding hydrogens is 264 g/mol. The van der Waals surface area contributed by atoms with Crippen molar-refractivity contribution in [2.24, 2.45) is 0 Å². The molecule has 2 rings (SSSR count). The molecule has 6 nitrogen and oxygen atoms in total. The van der Waals surface area contributed by atoms with E-state index in [1.165, 1.54) is 25.1 Å². The first-order chi connectivity index (χ1) is 9.14. The van der Waals surface area contributed by atoms with Gasteiger partial charge < -0.3 is 5.32 Å². The second-order valence-corrected chi connectivity index (χ2v) is 6.84. The first kappa shape index (κ1) is 14.5. The molecule has 0 radical (unpaired) electrons. The fourth-order valence-corrected chi connectivity index (χ4v) is 3.89. The number of nitrogens with one attached hydrogen (secondary N) is 2. The van der Waals surface area contributed by atoms with Gasteiger partial charge in [-0.1, -0.05) is 13.3 Å². The van der Waals surface area contributed by atoms with Crippen molar-refractivity contribution in [2.45, 2.75) is 43.7 Å². The zero-order valence-corrected chi connectivity index (χ0v) is 12.1. The zero-order chi connectivity index (χ0) is 13.7. The molecule has 0 saturated carbocycles. The Balaban J connectivity index is 2.10. The molecule has 1 aliphatic heterocycles. The summed E-state index contributed by atoms with van der Waals surface area (Å²) in [5.74, 6) is 0. The van der Waals surface area contributed by atoms with Gasteiger partial charge in [-0.3, -0.25) is 5.10 Å². The number of sulfonamides is 1. The average Bonchev–Trinajstić information content (AvgIpc) is 2.94. The lowest BCUT2D eigenvalue weighted by atomic mass is 10.1. The molecule has 0 aromatic carbocycles. The minimum atomic E-state index is -3.44. The van der Waals surface area contributed by atoms with Gasteiger partial charge in [0.25, 0.3) is 10.0 Å². The van der Waals surface area contributed by atoms with E-state index in [1.54, 1.807) is 4.31 Å². The van der Waals surface area contributed by atoms with Crippen LogP contribution in [0.3, 0.4) is 0 Å². The molecule has 1 aromatic heterocycles. The highest BCUT2D eigenvalue weighted by Gasteiger charge is 2.28. The Labute approximate surface area is 114 Å². The van der Waals surface area contributed by atoms with Crippen LogP contribution in [0.1, 0.15) is 32.6 Å². The average molecular weight is 286 g/mol. The summed E-state index contributed by atoms with van der Waals surface area (Å²) in [6.07, 6.45) is 5.66. The quantitative estimate of drug-likeness (QED) is 0.816. The molecule has 0 bridgehead atoms. The van der Waals surface area contributed by atoms with E-state index in [0.717, 1.165) is 19.4 Å². The van der Waals surface area contributed by atoms with Gasteiger partial charge in [0.05, 0.1) is 6.20 Å². The van der Waals surface area contributed by atoms with Crippen molar-refractivity contribution in [3.8, 4) is 0 Å². The van der Waals surface area contributed by atoms with E-state index in [1.807, 2.05) is 6.92 Å². The van der Waals surface area contributed by atoms with Gasteiger partial charge in [0.15, 0.2) is 5.03 Å². The Morgan fingerprint density at radius 3 is 2.89 bits per heavy atom. The maximum atomic E-state index is 12.5. The maximum absolute atomic E-state index is 12.5. The molecule has 0 spiro atoms. The second kappa shape index (κ2) is 6.49. The van der Waals surface area contributed by atoms with E-state index in [0.29, 0.717) is 13.1 Å². The Bertz CT molecular complexity index is 466. The Morgan fingerprint density at radius 1 is 1.47 bits per heavy atom. The molecule has 0 aliphatic carbocycles. The lowest BCUT2D eigenvalue weighted by Gasteiger charge is -2.29. The van der Waals surface area contributed by atoms with Gasteiger partial charge in [-0.25, -0.2) is 8.42 Å². The fraction of sp³-hybridized carbons (Fsp3) is 0.750. The van der Waals surface area contributed by atoms with Crippen molar-refractivity contribution >= 4 is 10.0 Å². The molecular formula is C12H22N4O2S. The lowest BCUT2D eigenvalue weighted by molar-refractivity contribution is 0.312. The first-order valence-electron chi connectivity index (χ1n) is 6.87. The van der Waals surface area contributed by atoms with Crippen LogP contribution in [0.2, 0.25) is 0 Å². The van der Waals surface area contributed by atoms with Crippen LogP contribution < -0.4 is 5.32 Å². The Morgan fingerprint density at radius 2 is 2.32 bits per heavy atom. The van der Waals surface area contributed by atoms with E-state index >= 15 is 0 Å². The molecule has 1 aromatic rings. The molecule has 108 valence electrons. The number of piperidine rings is 1. The van der Waals surface area contributed by atoms with Gasteiger partial charge in [0.1, 0.15) is 0 Å². The maximum Gasteiger partial charge on any atom is 0.260 e. The first-order valence-corrected chi connectivity index (χ1v) is 8.31.